The molecule has 1 amide bonds. The molecule has 2 unspecified atom stereocenters. The Morgan fingerprint density at radius 1 is 1.39 bits per heavy atom. The molecule has 3 nitrogen and oxygen atoms in total. The number of piperidine rings is 1. The normalized spacial score (nSPS) is 24.1. The van der Waals surface area contributed by atoms with Crippen molar-refractivity contribution < 1.29 is 9.18 Å². The third kappa shape index (κ3) is 2.47. The Balaban J connectivity index is 2.24. The Hall–Kier alpha value is -1.58. The highest BCUT2D eigenvalue weighted by atomic mass is 19.1. The molecule has 2 rings (SSSR count). The van der Waals surface area contributed by atoms with Crippen molar-refractivity contribution in [3.8, 4) is 0 Å². The summed E-state index contributed by atoms with van der Waals surface area (Å²) in [6.07, 6.45) is 2.15. The van der Waals surface area contributed by atoms with Crippen molar-refractivity contribution in [2.24, 2.45) is 5.92 Å². The monoisotopic (exact) mass is 250 g/mol. The molecular formula is C14H19FN2O. The van der Waals surface area contributed by atoms with Crippen molar-refractivity contribution in [3.05, 3.63) is 29.6 Å². The van der Waals surface area contributed by atoms with Crippen LogP contribution in [0, 0.1) is 11.7 Å². The number of nitrogens with two attached hydrogens (primary N) is 1. The molecule has 0 bridgehead atoms. The first-order valence-electron chi connectivity index (χ1n) is 6.35. The number of benzene rings is 1. The Morgan fingerprint density at radius 3 is 2.78 bits per heavy atom. The number of hydrogen-bond acceptors (Lipinski definition) is 2. The molecule has 0 radical (unpaired) electrons. The van der Waals surface area contributed by atoms with Gasteiger partial charge in [0.25, 0.3) is 5.91 Å². The minimum Gasteiger partial charge on any atom is -0.398 e. The number of hydrogen-bond donors (Lipinski definition) is 1. The van der Waals surface area contributed by atoms with Gasteiger partial charge in [-0.15, -0.1) is 0 Å². The van der Waals surface area contributed by atoms with Gasteiger partial charge in [-0.25, -0.2) is 4.39 Å². The molecule has 1 heterocycles. The molecule has 0 saturated carbocycles. The van der Waals surface area contributed by atoms with Crippen LogP contribution in [0.25, 0.3) is 0 Å². The summed E-state index contributed by atoms with van der Waals surface area (Å²) in [6, 6.07) is 4.17. The lowest BCUT2D eigenvalue weighted by Gasteiger charge is -2.37. The van der Waals surface area contributed by atoms with Crippen molar-refractivity contribution in [2.75, 3.05) is 12.3 Å². The number of carbonyl (C=O) groups excluding carboxylic acids is 1. The van der Waals surface area contributed by atoms with Gasteiger partial charge in [0.1, 0.15) is 5.82 Å². The van der Waals surface area contributed by atoms with Gasteiger partial charge < -0.3 is 10.6 Å². The van der Waals surface area contributed by atoms with E-state index in [9.17, 15) is 9.18 Å². The molecule has 2 N–H and O–H groups in total. The lowest BCUT2D eigenvalue weighted by molar-refractivity contribution is 0.0575. The molecule has 1 aromatic carbocycles. The summed E-state index contributed by atoms with van der Waals surface area (Å²) in [4.78, 5) is 14.3. The van der Waals surface area contributed by atoms with E-state index in [1.165, 1.54) is 18.2 Å². The first-order valence-corrected chi connectivity index (χ1v) is 6.35. The second-order valence-electron chi connectivity index (χ2n) is 5.22. The zero-order valence-electron chi connectivity index (χ0n) is 10.8. The van der Waals surface area contributed by atoms with Crippen LogP contribution in [-0.2, 0) is 0 Å². The zero-order valence-corrected chi connectivity index (χ0v) is 10.8. The van der Waals surface area contributed by atoms with Crippen LogP contribution in [0.2, 0.25) is 0 Å². The first kappa shape index (κ1) is 12.9. The van der Waals surface area contributed by atoms with Crippen molar-refractivity contribution >= 4 is 11.6 Å². The highest BCUT2D eigenvalue weighted by Crippen LogP contribution is 2.25. The molecule has 0 aliphatic carbocycles. The molecule has 18 heavy (non-hydrogen) atoms. The Morgan fingerprint density at radius 2 is 2.11 bits per heavy atom. The van der Waals surface area contributed by atoms with Gasteiger partial charge in [0, 0.05) is 18.3 Å². The molecule has 0 spiro atoms. The number of amides is 1. The predicted octanol–water partition coefficient (Wildman–Crippen LogP) is 2.67. The van der Waals surface area contributed by atoms with E-state index < -0.39 is 5.82 Å². The topological polar surface area (TPSA) is 46.3 Å². The molecule has 1 fully saturated rings. The molecule has 1 aromatic rings. The molecule has 1 saturated heterocycles. The Bertz CT molecular complexity index is 461. The summed E-state index contributed by atoms with van der Waals surface area (Å²) in [6.45, 7) is 4.93. The maximum absolute atomic E-state index is 13.0. The summed E-state index contributed by atoms with van der Waals surface area (Å²) >= 11 is 0. The maximum atomic E-state index is 13.0. The minimum atomic E-state index is -0.413. The lowest BCUT2D eigenvalue weighted by Crippen LogP contribution is -2.45. The molecule has 0 aromatic heterocycles. The van der Waals surface area contributed by atoms with Crippen LogP contribution in [0.1, 0.15) is 37.0 Å². The average Bonchev–Trinajstić information content (AvgIpc) is 2.31. The van der Waals surface area contributed by atoms with Gasteiger partial charge in [0.2, 0.25) is 0 Å². The summed E-state index contributed by atoms with van der Waals surface area (Å²) in [5, 5.41) is 0. The molecule has 2 atom stereocenters. The molecule has 4 heteroatoms. The largest absolute Gasteiger partial charge is 0.398 e. The van der Waals surface area contributed by atoms with Crippen LogP contribution in [0.4, 0.5) is 10.1 Å². The summed E-state index contributed by atoms with van der Waals surface area (Å²) in [5.41, 5.74) is 6.34. The third-order valence-electron chi connectivity index (χ3n) is 3.62. The molecule has 1 aliphatic heterocycles. The van der Waals surface area contributed by atoms with E-state index >= 15 is 0 Å². The SMILES string of the molecule is CC1CCC(C)N(C(=O)c2ccc(F)cc2N)C1. The van der Waals surface area contributed by atoms with Gasteiger partial charge in [0.15, 0.2) is 0 Å². The van der Waals surface area contributed by atoms with Gasteiger partial charge in [-0.1, -0.05) is 6.92 Å². The number of likely N-dealkylation sites (tertiary alicyclic amines) is 1. The average molecular weight is 250 g/mol. The van der Waals surface area contributed by atoms with E-state index in [4.69, 9.17) is 5.73 Å². The molecule has 1 aliphatic rings. The Labute approximate surface area is 107 Å². The fraction of sp³-hybridized carbons (Fsp3) is 0.500. The smallest absolute Gasteiger partial charge is 0.256 e. The van der Waals surface area contributed by atoms with Crippen molar-refractivity contribution in [1.29, 1.82) is 0 Å². The van der Waals surface area contributed by atoms with Gasteiger partial charge in [0.05, 0.1) is 5.56 Å². The minimum absolute atomic E-state index is 0.0912. The summed E-state index contributed by atoms with van der Waals surface area (Å²) in [7, 11) is 0. The Kier molecular flexibility index (Phi) is 3.55. The van der Waals surface area contributed by atoms with E-state index in [-0.39, 0.29) is 17.6 Å². The zero-order chi connectivity index (χ0) is 13.3. The predicted molar refractivity (Wildman–Crippen MR) is 69.7 cm³/mol. The van der Waals surface area contributed by atoms with Crippen LogP contribution in [0.5, 0.6) is 0 Å². The second-order valence-corrected chi connectivity index (χ2v) is 5.22. The van der Waals surface area contributed by atoms with Gasteiger partial charge in [-0.05, 0) is 43.9 Å². The highest BCUT2D eigenvalue weighted by molar-refractivity contribution is 5.99. The van der Waals surface area contributed by atoms with Crippen molar-refractivity contribution in [2.45, 2.75) is 32.7 Å². The van der Waals surface area contributed by atoms with Crippen molar-refractivity contribution in [3.63, 3.8) is 0 Å². The van der Waals surface area contributed by atoms with Crippen LogP contribution < -0.4 is 5.73 Å². The van der Waals surface area contributed by atoms with E-state index in [0.717, 1.165) is 19.4 Å². The van der Waals surface area contributed by atoms with E-state index in [1.54, 1.807) is 0 Å². The van der Waals surface area contributed by atoms with E-state index in [2.05, 4.69) is 6.92 Å². The van der Waals surface area contributed by atoms with Gasteiger partial charge in [-0.2, -0.15) is 0 Å². The fourth-order valence-corrected chi connectivity index (χ4v) is 2.45. The third-order valence-corrected chi connectivity index (χ3v) is 3.62. The van der Waals surface area contributed by atoms with Gasteiger partial charge >= 0.3 is 0 Å². The standard InChI is InChI=1S/C14H19FN2O/c1-9-3-4-10(2)17(8-9)14(18)12-6-5-11(15)7-13(12)16/h5-7,9-10H,3-4,8,16H2,1-2H3. The van der Waals surface area contributed by atoms with Crippen LogP contribution in [0.15, 0.2) is 18.2 Å². The number of anilines is 1. The fourth-order valence-electron chi connectivity index (χ4n) is 2.45. The number of carbonyl (C=O) groups is 1. The van der Waals surface area contributed by atoms with Crippen molar-refractivity contribution in [1.82, 2.24) is 4.90 Å². The van der Waals surface area contributed by atoms with E-state index in [0.29, 0.717) is 11.5 Å². The molecule has 98 valence electrons. The van der Waals surface area contributed by atoms with E-state index in [1.807, 2.05) is 11.8 Å². The highest BCUT2D eigenvalue weighted by Gasteiger charge is 2.28. The quantitative estimate of drug-likeness (QED) is 0.779. The number of nitrogen functional groups attached to an aromatic ring is 1. The maximum Gasteiger partial charge on any atom is 0.256 e. The number of rotatable bonds is 1. The number of halogens is 1. The summed E-state index contributed by atoms with van der Waals surface area (Å²) < 4.78 is 13.0. The summed E-state index contributed by atoms with van der Waals surface area (Å²) in [5.74, 6) is 0.00230. The van der Waals surface area contributed by atoms with Crippen LogP contribution in [-0.4, -0.2) is 23.4 Å². The lowest BCUT2D eigenvalue weighted by atomic mass is 9.94. The first-order chi connectivity index (χ1) is 8.49. The number of nitrogens with zero attached hydrogens (tertiary/aromatic N) is 1. The van der Waals surface area contributed by atoms with Crippen LogP contribution in [0.3, 0.4) is 0 Å². The van der Waals surface area contributed by atoms with Crippen LogP contribution >= 0.6 is 0 Å². The van der Waals surface area contributed by atoms with Gasteiger partial charge in [-0.3, -0.25) is 4.79 Å². The molecular weight excluding hydrogens is 231 g/mol. The second kappa shape index (κ2) is 4.96.